The van der Waals surface area contributed by atoms with Crippen molar-refractivity contribution in [2.24, 2.45) is 5.92 Å². The van der Waals surface area contributed by atoms with Crippen molar-refractivity contribution in [3.05, 3.63) is 65.4 Å². The number of aliphatic hydroxyl groups is 2. The van der Waals surface area contributed by atoms with E-state index in [0.29, 0.717) is 22.5 Å². The topological polar surface area (TPSA) is 98.7 Å². The fourth-order valence-corrected chi connectivity index (χ4v) is 3.91. The Balaban J connectivity index is 1.62. The Labute approximate surface area is 162 Å². The summed E-state index contributed by atoms with van der Waals surface area (Å²) in [4.78, 5) is 25.4. The molecule has 1 aliphatic heterocycles. The SMILES string of the molecule is C[C@@H]1N/C(=C\C(=O)Nc2cccc3c2C(=O)c2ccccc2-3)[C@@H](C)[C@H](O)[C@@H]1O. The molecule has 1 aliphatic carbocycles. The molecule has 0 bridgehead atoms. The van der Waals surface area contributed by atoms with E-state index in [1.54, 1.807) is 32.0 Å². The van der Waals surface area contributed by atoms with Gasteiger partial charge in [-0.25, -0.2) is 0 Å². The van der Waals surface area contributed by atoms with Crippen molar-refractivity contribution in [1.29, 1.82) is 0 Å². The first-order chi connectivity index (χ1) is 13.4. The maximum absolute atomic E-state index is 12.8. The van der Waals surface area contributed by atoms with Gasteiger partial charge in [0.05, 0.1) is 23.4 Å². The summed E-state index contributed by atoms with van der Waals surface area (Å²) in [7, 11) is 0. The predicted octanol–water partition coefficient (Wildman–Crippen LogP) is 2.07. The van der Waals surface area contributed by atoms with Gasteiger partial charge in [-0.15, -0.1) is 0 Å². The van der Waals surface area contributed by atoms with Crippen LogP contribution >= 0.6 is 0 Å². The minimum atomic E-state index is -0.952. The molecule has 1 amide bonds. The Morgan fingerprint density at radius 3 is 2.43 bits per heavy atom. The molecule has 0 spiro atoms. The number of anilines is 1. The first-order valence-corrected chi connectivity index (χ1v) is 9.31. The molecule has 6 nitrogen and oxygen atoms in total. The van der Waals surface area contributed by atoms with Crippen molar-refractivity contribution in [1.82, 2.24) is 5.32 Å². The van der Waals surface area contributed by atoms with Crippen LogP contribution < -0.4 is 10.6 Å². The second kappa shape index (κ2) is 6.89. The fourth-order valence-electron chi connectivity index (χ4n) is 3.91. The molecule has 28 heavy (non-hydrogen) atoms. The largest absolute Gasteiger partial charge is 0.390 e. The van der Waals surface area contributed by atoms with Gasteiger partial charge in [-0.3, -0.25) is 9.59 Å². The highest BCUT2D eigenvalue weighted by molar-refractivity contribution is 6.25. The Morgan fingerprint density at radius 1 is 1.00 bits per heavy atom. The molecule has 2 aliphatic rings. The van der Waals surface area contributed by atoms with Crippen LogP contribution in [0.2, 0.25) is 0 Å². The number of ketones is 1. The number of nitrogens with one attached hydrogen (secondary N) is 2. The molecule has 1 fully saturated rings. The summed E-state index contributed by atoms with van der Waals surface area (Å²) in [6.07, 6.45) is -0.474. The van der Waals surface area contributed by atoms with Crippen molar-refractivity contribution in [3.63, 3.8) is 0 Å². The van der Waals surface area contributed by atoms with Gasteiger partial charge in [0.25, 0.3) is 0 Å². The molecule has 4 N–H and O–H groups in total. The van der Waals surface area contributed by atoms with E-state index in [4.69, 9.17) is 0 Å². The van der Waals surface area contributed by atoms with Crippen molar-refractivity contribution >= 4 is 17.4 Å². The molecule has 0 saturated carbocycles. The van der Waals surface area contributed by atoms with Gasteiger partial charge in [0.1, 0.15) is 6.10 Å². The molecule has 144 valence electrons. The maximum atomic E-state index is 12.8. The molecule has 2 aromatic carbocycles. The van der Waals surface area contributed by atoms with E-state index in [2.05, 4.69) is 10.6 Å². The lowest BCUT2D eigenvalue weighted by Gasteiger charge is -2.37. The quantitative estimate of drug-likeness (QED) is 0.512. The molecule has 4 atom stereocenters. The Kier molecular flexibility index (Phi) is 4.53. The first-order valence-electron chi connectivity index (χ1n) is 9.31. The van der Waals surface area contributed by atoms with E-state index in [9.17, 15) is 19.8 Å². The Bertz CT molecular complexity index is 998. The van der Waals surface area contributed by atoms with Gasteiger partial charge in [-0.1, -0.05) is 43.3 Å². The lowest BCUT2D eigenvalue weighted by molar-refractivity contribution is -0.112. The zero-order valence-electron chi connectivity index (χ0n) is 15.6. The van der Waals surface area contributed by atoms with Crippen LogP contribution in [0.25, 0.3) is 11.1 Å². The van der Waals surface area contributed by atoms with E-state index in [0.717, 1.165) is 11.1 Å². The summed E-state index contributed by atoms with van der Waals surface area (Å²) in [6, 6.07) is 12.4. The summed E-state index contributed by atoms with van der Waals surface area (Å²) in [5, 5.41) is 25.9. The number of carbonyl (C=O) groups excluding carboxylic acids is 2. The highest BCUT2D eigenvalue weighted by atomic mass is 16.3. The van der Waals surface area contributed by atoms with E-state index in [-0.39, 0.29) is 11.8 Å². The summed E-state index contributed by atoms with van der Waals surface area (Å²) in [5.41, 5.74) is 3.80. The standard InChI is InChI=1S/C22H22N2O4/c1-11-17(23-12(2)21(27)20(11)26)10-18(25)24-16-9-5-8-14-13-6-3-4-7-15(13)22(28)19(14)16/h3-12,20-21,23,26-27H,1-2H3,(H,24,25)/b17-10-/t11-,12+,20+,21-/m1/s1. The third-order valence-electron chi connectivity index (χ3n) is 5.56. The Morgan fingerprint density at radius 2 is 1.68 bits per heavy atom. The highest BCUT2D eigenvalue weighted by Crippen LogP contribution is 2.40. The Hall–Kier alpha value is -2.96. The van der Waals surface area contributed by atoms with Crippen molar-refractivity contribution in [3.8, 4) is 11.1 Å². The minimum Gasteiger partial charge on any atom is -0.390 e. The van der Waals surface area contributed by atoms with Crippen LogP contribution in [0.3, 0.4) is 0 Å². The summed E-state index contributed by atoms with van der Waals surface area (Å²) < 4.78 is 0. The van der Waals surface area contributed by atoms with Crippen LogP contribution in [0.1, 0.15) is 29.8 Å². The van der Waals surface area contributed by atoms with Crippen molar-refractivity contribution in [2.45, 2.75) is 32.1 Å². The lowest BCUT2D eigenvalue weighted by atomic mass is 9.88. The highest BCUT2D eigenvalue weighted by Gasteiger charge is 2.36. The van der Waals surface area contributed by atoms with Gasteiger partial charge in [0.2, 0.25) is 5.91 Å². The van der Waals surface area contributed by atoms with E-state index >= 15 is 0 Å². The molecule has 4 rings (SSSR count). The number of fused-ring (bicyclic) bond motifs is 3. The van der Waals surface area contributed by atoms with Gasteiger partial charge in [0.15, 0.2) is 5.78 Å². The van der Waals surface area contributed by atoms with Crippen molar-refractivity contribution in [2.75, 3.05) is 5.32 Å². The number of hydrogen-bond acceptors (Lipinski definition) is 5. The summed E-state index contributed by atoms with van der Waals surface area (Å²) in [5.74, 6) is -0.919. The molecule has 2 aromatic rings. The van der Waals surface area contributed by atoms with Gasteiger partial charge in [0, 0.05) is 23.3 Å². The average molecular weight is 378 g/mol. The van der Waals surface area contributed by atoms with E-state index in [1.165, 1.54) is 6.08 Å². The third-order valence-corrected chi connectivity index (χ3v) is 5.56. The summed E-state index contributed by atoms with van der Waals surface area (Å²) in [6.45, 7) is 3.48. The fraction of sp³-hybridized carbons (Fsp3) is 0.273. The second-order valence-corrected chi connectivity index (χ2v) is 7.39. The average Bonchev–Trinajstić information content (AvgIpc) is 2.98. The molecule has 0 unspecified atom stereocenters. The van der Waals surface area contributed by atoms with Crippen LogP contribution in [-0.2, 0) is 4.79 Å². The minimum absolute atomic E-state index is 0.106. The van der Waals surface area contributed by atoms with Crippen LogP contribution in [0.15, 0.2) is 54.2 Å². The van der Waals surface area contributed by atoms with Crippen LogP contribution in [0, 0.1) is 5.92 Å². The first kappa shape index (κ1) is 18.4. The molecule has 0 radical (unpaired) electrons. The zero-order valence-corrected chi connectivity index (χ0v) is 15.6. The van der Waals surface area contributed by atoms with Gasteiger partial charge < -0.3 is 20.8 Å². The lowest BCUT2D eigenvalue weighted by Crippen LogP contribution is -2.54. The predicted molar refractivity (Wildman–Crippen MR) is 106 cm³/mol. The normalized spacial score (nSPS) is 27.1. The molecule has 6 heteroatoms. The number of carbonyl (C=O) groups is 2. The third kappa shape index (κ3) is 2.91. The number of amides is 1. The number of hydrogen-bond donors (Lipinski definition) is 4. The summed E-state index contributed by atoms with van der Waals surface area (Å²) >= 11 is 0. The smallest absolute Gasteiger partial charge is 0.250 e. The zero-order chi connectivity index (χ0) is 20.0. The molecule has 1 heterocycles. The molecular weight excluding hydrogens is 356 g/mol. The van der Waals surface area contributed by atoms with Crippen molar-refractivity contribution < 1.29 is 19.8 Å². The van der Waals surface area contributed by atoms with E-state index < -0.39 is 24.0 Å². The van der Waals surface area contributed by atoms with Crippen LogP contribution in [-0.4, -0.2) is 40.2 Å². The number of benzene rings is 2. The molecule has 1 saturated heterocycles. The molecule has 0 aromatic heterocycles. The second-order valence-electron chi connectivity index (χ2n) is 7.39. The van der Waals surface area contributed by atoms with Crippen LogP contribution in [0.5, 0.6) is 0 Å². The molecular formula is C22H22N2O4. The van der Waals surface area contributed by atoms with Crippen LogP contribution in [0.4, 0.5) is 5.69 Å². The van der Waals surface area contributed by atoms with Gasteiger partial charge in [-0.2, -0.15) is 0 Å². The monoisotopic (exact) mass is 378 g/mol. The number of rotatable bonds is 2. The van der Waals surface area contributed by atoms with Gasteiger partial charge >= 0.3 is 0 Å². The maximum Gasteiger partial charge on any atom is 0.250 e. The number of aliphatic hydroxyl groups excluding tert-OH is 2. The van der Waals surface area contributed by atoms with E-state index in [1.807, 2.05) is 24.3 Å². The van der Waals surface area contributed by atoms with Gasteiger partial charge in [-0.05, 0) is 24.1 Å². The number of piperidine rings is 1.